The van der Waals surface area contributed by atoms with Gasteiger partial charge in [0, 0.05) is 16.6 Å². The largest absolute Gasteiger partial charge is 0.309 e. The van der Waals surface area contributed by atoms with Gasteiger partial charge in [-0.3, -0.25) is 0 Å². The van der Waals surface area contributed by atoms with Gasteiger partial charge in [0.25, 0.3) is 0 Å². The highest BCUT2D eigenvalue weighted by Crippen LogP contribution is 2.46. The molecule has 10 rings (SSSR count). The van der Waals surface area contributed by atoms with E-state index >= 15 is 0 Å². The Morgan fingerprint density at radius 3 is 1.31 bits per heavy atom. The molecule has 0 fully saturated rings. The number of rotatable bonds is 7. The third kappa shape index (κ3) is 6.02. The highest BCUT2D eigenvalue weighted by molar-refractivity contribution is 6.03. The molecule has 1 nitrogen and oxygen atoms in total. The first-order valence-electron chi connectivity index (χ1n) is 18.9. The Hall–Kier alpha value is -7.22. The molecule has 10 aromatic rings. The van der Waals surface area contributed by atoms with Crippen molar-refractivity contribution in [2.45, 2.75) is 0 Å². The summed E-state index contributed by atoms with van der Waals surface area (Å²) in [7, 11) is 0. The number of fused-ring (bicyclic) bond motifs is 3. The van der Waals surface area contributed by atoms with Gasteiger partial charge in [-0.15, -0.1) is 0 Å². The smallest absolute Gasteiger partial charge is 0.0546 e. The Balaban J connectivity index is 1.12. The monoisotopic (exact) mass is 699 g/mol. The lowest BCUT2D eigenvalue weighted by molar-refractivity contribution is 1.30. The first-order chi connectivity index (χ1) is 27.3. The van der Waals surface area contributed by atoms with E-state index in [1.807, 2.05) is 0 Å². The van der Waals surface area contributed by atoms with Crippen LogP contribution in [-0.4, -0.2) is 0 Å². The fourth-order valence-corrected chi connectivity index (χ4v) is 8.16. The van der Waals surface area contributed by atoms with Crippen molar-refractivity contribution in [1.82, 2.24) is 0 Å². The average Bonchev–Trinajstić information content (AvgIpc) is 3.27. The summed E-state index contributed by atoms with van der Waals surface area (Å²) in [5, 5.41) is 7.42. The van der Waals surface area contributed by atoms with Gasteiger partial charge in [0.15, 0.2) is 0 Å². The van der Waals surface area contributed by atoms with Crippen LogP contribution in [0.25, 0.3) is 76.8 Å². The molecule has 0 aliphatic rings. The van der Waals surface area contributed by atoms with Crippen LogP contribution in [0.1, 0.15) is 0 Å². The summed E-state index contributed by atoms with van der Waals surface area (Å²) < 4.78 is 0. The summed E-state index contributed by atoms with van der Waals surface area (Å²) in [4.78, 5) is 2.45. The standard InChI is InChI=1S/C54H37N/c1-2-13-42(14-3-1)52-36-33-45(50-25-11-19-41-16-5-8-22-48(41)50)37-54(52)55(53-26-12-20-43-17-6-9-23-51(43)53)46-34-31-39(32-35-46)38-27-29-44(30-28-38)49-24-10-18-40-15-4-7-21-47(40)49/h1-37H. The highest BCUT2D eigenvalue weighted by Gasteiger charge is 2.21. The van der Waals surface area contributed by atoms with Crippen LogP contribution in [0.3, 0.4) is 0 Å². The quantitative estimate of drug-likeness (QED) is 0.160. The molecule has 0 aliphatic heterocycles. The summed E-state index contributed by atoms with van der Waals surface area (Å²) in [6, 6.07) is 81.5. The molecule has 0 radical (unpaired) electrons. The van der Waals surface area contributed by atoms with E-state index in [1.54, 1.807) is 0 Å². The molecule has 0 atom stereocenters. The Labute approximate surface area is 322 Å². The van der Waals surface area contributed by atoms with Gasteiger partial charge >= 0.3 is 0 Å². The number of hydrogen-bond donors (Lipinski definition) is 0. The second-order valence-electron chi connectivity index (χ2n) is 14.1. The van der Waals surface area contributed by atoms with Gasteiger partial charge in [0.2, 0.25) is 0 Å². The van der Waals surface area contributed by atoms with E-state index in [9.17, 15) is 0 Å². The molecule has 0 amide bonds. The minimum Gasteiger partial charge on any atom is -0.309 e. The second-order valence-corrected chi connectivity index (χ2v) is 14.1. The van der Waals surface area contributed by atoms with Crippen LogP contribution in [0, 0.1) is 0 Å². The molecule has 0 saturated heterocycles. The molecule has 55 heavy (non-hydrogen) atoms. The molecule has 0 spiro atoms. The predicted octanol–water partition coefficient (Wildman–Crippen LogP) is 15.3. The average molecular weight is 700 g/mol. The van der Waals surface area contributed by atoms with Crippen LogP contribution in [0.2, 0.25) is 0 Å². The van der Waals surface area contributed by atoms with E-state index in [2.05, 4.69) is 229 Å². The molecular weight excluding hydrogens is 663 g/mol. The maximum absolute atomic E-state index is 2.45. The van der Waals surface area contributed by atoms with Gasteiger partial charge in [-0.1, -0.05) is 200 Å². The lowest BCUT2D eigenvalue weighted by atomic mass is 9.93. The van der Waals surface area contributed by atoms with Gasteiger partial charge < -0.3 is 4.90 Å². The lowest BCUT2D eigenvalue weighted by Gasteiger charge is -2.30. The zero-order valence-corrected chi connectivity index (χ0v) is 30.3. The van der Waals surface area contributed by atoms with Crippen LogP contribution >= 0.6 is 0 Å². The molecule has 0 N–H and O–H groups in total. The van der Waals surface area contributed by atoms with Crippen LogP contribution in [0.5, 0.6) is 0 Å². The van der Waals surface area contributed by atoms with Crippen LogP contribution in [-0.2, 0) is 0 Å². The fraction of sp³-hybridized carbons (Fsp3) is 0. The molecular formula is C54H37N. The van der Waals surface area contributed by atoms with Crippen LogP contribution in [0.4, 0.5) is 17.1 Å². The predicted molar refractivity (Wildman–Crippen MR) is 235 cm³/mol. The summed E-state index contributed by atoms with van der Waals surface area (Å²) >= 11 is 0. The first-order valence-corrected chi connectivity index (χ1v) is 18.9. The Morgan fingerprint density at radius 2 is 0.673 bits per heavy atom. The zero-order chi connectivity index (χ0) is 36.6. The van der Waals surface area contributed by atoms with Crippen molar-refractivity contribution in [3.8, 4) is 44.5 Å². The molecule has 0 aromatic heterocycles. The molecule has 0 bridgehead atoms. The second kappa shape index (κ2) is 14.0. The number of benzene rings is 10. The minimum atomic E-state index is 1.10. The summed E-state index contributed by atoms with van der Waals surface area (Å²) in [5.41, 5.74) is 13.0. The lowest BCUT2D eigenvalue weighted by Crippen LogP contribution is -2.12. The van der Waals surface area contributed by atoms with Crippen molar-refractivity contribution in [3.63, 3.8) is 0 Å². The molecule has 258 valence electrons. The third-order valence-corrected chi connectivity index (χ3v) is 10.9. The van der Waals surface area contributed by atoms with Crippen molar-refractivity contribution in [3.05, 3.63) is 224 Å². The van der Waals surface area contributed by atoms with E-state index in [4.69, 9.17) is 0 Å². The molecule has 0 heterocycles. The highest BCUT2D eigenvalue weighted by atomic mass is 15.1. The summed E-state index contributed by atoms with van der Waals surface area (Å²) in [5.74, 6) is 0. The number of nitrogens with zero attached hydrogens (tertiary/aromatic N) is 1. The fourth-order valence-electron chi connectivity index (χ4n) is 8.16. The topological polar surface area (TPSA) is 3.24 Å². The zero-order valence-electron chi connectivity index (χ0n) is 30.3. The Kier molecular flexibility index (Phi) is 8.24. The summed E-state index contributed by atoms with van der Waals surface area (Å²) in [6.07, 6.45) is 0. The normalized spacial score (nSPS) is 11.3. The van der Waals surface area contributed by atoms with Crippen LogP contribution in [0.15, 0.2) is 224 Å². The van der Waals surface area contributed by atoms with Gasteiger partial charge in [-0.05, 0) is 90.1 Å². The molecule has 0 saturated carbocycles. The molecule has 10 aromatic carbocycles. The molecule has 0 unspecified atom stereocenters. The SMILES string of the molecule is c1ccc(-c2ccc(-c3cccc4ccccc34)cc2N(c2ccc(-c3ccc(-c4cccc5ccccc45)cc3)cc2)c2cccc3ccccc23)cc1. The van der Waals surface area contributed by atoms with E-state index in [1.165, 1.54) is 76.8 Å². The van der Waals surface area contributed by atoms with Crippen molar-refractivity contribution in [2.75, 3.05) is 4.90 Å². The van der Waals surface area contributed by atoms with Crippen molar-refractivity contribution >= 4 is 49.4 Å². The van der Waals surface area contributed by atoms with E-state index < -0.39 is 0 Å². The van der Waals surface area contributed by atoms with Crippen molar-refractivity contribution in [2.24, 2.45) is 0 Å². The maximum Gasteiger partial charge on any atom is 0.0546 e. The number of hydrogen-bond acceptors (Lipinski definition) is 1. The Morgan fingerprint density at radius 1 is 0.236 bits per heavy atom. The molecule has 0 aliphatic carbocycles. The van der Waals surface area contributed by atoms with Crippen molar-refractivity contribution in [1.29, 1.82) is 0 Å². The Bertz CT molecular complexity index is 2940. The van der Waals surface area contributed by atoms with Crippen LogP contribution < -0.4 is 4.90 Å². The van der Waals surface area contributed by atoms with E-state index in [0.29, 0.717) is 0 Å². The van der Waals surface area contributed by atoms with E-state index in [0.717, 1.165) is 17.1 Å². The van der Waals surface area contributed by atoms with Gasteiger partial charge in [0.1, 0.15) is 0 Å². The maximum atomic E-state index is 2.45. The third-order valence-electron chi connectivity index (χ3n) is 10.9. The van der Waals surface area contributed by atoms with Gasteiger partial charge in [0.05, 0.1) is 11.4 Å². The van der Waals surface area contributed by atoms with Gasteiger partial charge in [-0.2, -0.15) is 0 Å². The van der Waals surface area contributed by atoms with Gasteiger partial charge in [-0.25, -0.2) is 0 Å². The first kappa shape index (κ1) is 32.4. The number of anilines is 3. The van der Waals surface area contributed by atoms with Crippen molar-refractivity contribution < 1.29 is 0 Å². The summed E-state index contributed by atoms with van der Waals surface area (Å²) in [6.45, 7) is 0. The minimum absolute atomic E-state index is 1.10. The molecule has 1 heteroatoms. The van der Waals surface area contributed by atoms with E-state index in [-0.39, 0.29) is 0 Å².